The van der Waals surface area contributed by atoms with E-state index in [0.717, 1.165) is 95.7 Å². The van der Waals surface area contributed by atoms with Crippen molar-refractivity contribution >= 4 is 109 Å². The molecule has 0 aliphatic carbocycles. The molecule has 8 aromatic rings. The number of thiophene rings is 2. The molecule has 3 saturated heterocycles. The molecule has 0 bridgehead atoms. The molecule has 0 radical (unpaired) electrons. The first-order valence-corrected chi connectivity index (χ1v) is 26.2. The Morgan fingerprint density at radius 1 is 0.672 bits per heavy atom. The number of aromatic nitrogens is 4. The second-order valence-electron chi connectivity index (χ2n) is 17.2. The number of hydrogen-bond acceptors (Lipinski definition) is 15. The van der Waals surface area contributed by atoms with Crippen LogP contribution < -0.4 is 10.6 Å². The molecule has 3 aliphatic heterocycles. The minimum absolute atomic E-state index is 0.00420. The summed E-state index contributed by atoms with van der Waals surface area (Å²) in [6.45, 7) is 10.4. The van der Waals surface area contributed by atoms with Gasteiger partial charge in [-0.3, -0.25) is 9.80 Å². The topological polar surface area (TPSA) is 121 Å². The molecule has 5 atom stereocenters. The van der Waals surface area contributed by atoms with Crippen molar-refractivity contribution < 1.29 is 14.6 Å². The fourth-order valence-electron chi connectivity index (χ4n) is 9.77. The number of piperidine rings is 2. The Bertz CT molecular complexity index is 2800. The van der Waals surface area contributed by atoms with Crippen LogP contribution in [0.3, 0.4) is 0 Å². The predicted molar refractivity (Wildman–Crippen MR) is 268 cm³/mol. The van der Waals surface area contributed by atoms with Gasteiger partial charge in [0.2, 0.25) is 0 Å². The minimum Gasteiger partial charge on any atom is -0.395 e. The van der Waals surface area contributed by atoms with E-state index in [2.05, 4.69) is 104 Å². The molecule has 334 valence electrons. The number of rotatable bonds is 12. The van der Waals surface area contributed by atoms with Gasteiger partial charge in [0.15, 0.2) is 6.29 Å². The van der Waals surface area contributed by atoms with Gasteiger partial charge in [-0.25, -0.2) is 19.9 Å². The molecule has 0 amide bonds. The van der Waals surface area contributed by atoms with Crippen LogP contribution in [0.1, 0.15) is 80.4 Å². The van der Waals surface area contributed by atoms with Gasteiger partial charge in [-0.15, -0.1) is 45.3 Å². The Labute approximate surface area is 390 Å². The molecular weight excluding hydrogens is 877 g/mol. The van der Waals surface area contributed by atoms with Crippen LogP contribution in [0.2, 0.25) is 0 Å². The number of nitrogens with one attached hydrogen (secondary N) is 2. The van der Waals surface area contributed by atoms with Gasteiger partial charge in [-0.2, -0.15) is 0 Å². The Morgan fingerprint density at radius 2 is 1.23 bits per heavy atom. The molecular formula is C49H56N8O3S4. The Morgan fingerprint density at radius 3 is 1.77 bits per heavy atom. The van der Waals surface area contributed by atoms with E-state index in [0.29, 0.717) is 23.9 Å². The molecule has 64 heavy (non-hydrogen) atoms. The number of anilines is 4. The zero-order valence-corrected chi connectivity index (χ0v) is 39.7. The Kier molecular flexibility index (Phi) is 13.8. The third-order valence-electron chi connectivity index (χ3n) is 13.3. The van der Waals surface area contributed by atoms with Crippen LogP contribution in [-0.4, -0.2) is 99.2 Å². The highest BCUT2D eigenvalue weighted by Gasteiger charge is 2.32. The molecule has 3 aliphatic rings. The number of β-amino-alcohol motifs (C(OH)–C–C–N with tert-alkyl or cyclic N) is 1. The summed E-state index contributed by atoms with van der Waals surface area (Å²) in [6, 6.07) is 22.4. The van der Waals surface area contributed by atoms with Crippen LogP contribution in [0.5, 0.6) is 0 Å². The van der Waals surface area contributed by atoms with Crippen molar-refractivity contribution in [3.8, 4) is 0 Å². The molecule has 5 unspecified atom stereocenters. The van der Waals surface area contributed by atoms with E-state index >= 15 is 0 Å². The summed E-state index contributed by atoms with van der Waals surface area (Å²) in [6.07, 6.45) is 12.0. The summed E-state index contributed by atoms with van der Waals surface area (Å²) in [5.74, 6) is 1.02. The minimum atomic E-state index is -0.00420. The number of thiazole rings is 2. The average Bonchev–Trinajstić information content (AvgIpc) is 4.15. The summed E-state index contributed by atoms with van der Waals surface area (Å²) < 4.78 is 14.2. The molecule has 6 aromatic heterocycles. The lowest BCUT2D eigenvalue weighted by Gasteiger charge is -2.39. The summed E-state index contributed by atoms with van der Waals surface area (Å²) in [5, 5.41) is 18.9. The Hall–Kier alpha value is -4.16. The van der Waals surface area contributed by atoms with Crippen molar-refractivity contribution in [2.45, 2.75) is 89.0 Å². The monoisotopic (exact) mass is 932 g/mol. The van der Waals surface area contributed by atoms with Gasteiger partial charge in [0.05, 0.1) is 56.0 Å². The van der Waals surface area contributed by atoms with Crippen molar-refractivity contribution in [1.82, 2.24) is 29.7 Å². The summed E-state index contributed by atoms with van der Waals surface area (Å²) in [7, 11) is 0. The quantitative estimate of drug-likeness (QED) is 0.109. The molecule has 11 rings (SSSR count). The van der Waals surface area contributed by atoms with Gasteiger partial charge in [-0.1, -0.05) is 0 Å². The van der Waals surface area contributed by atoms with Gasteiger partial charge >= 0.3 is 0 Å². The summed E-state index contributed by atoms with van der Waals surface area (Å²) >= 11 is 6.98. The smallest absolute Gasteiger partial charge is 0.157 e. The zero-order valence-electron chi connectivity index (χ0n) is 36.4. The fourth-order valence-corrected chi connectivity index (χ4v) is 13.6. The first-order chi connectivity index (χ1) is 31.5. The lowest BCUT2D eigenvalue weighted by atomic mass is 9.88. The highest BCUT2D eigenvalue weighted by molar-refractivity contribution is 7.19. The highest BCUT2D eigenvalue weighted by Crippen LogP contribution is 2.42. The Balaban J connectivity index is 0.000000154. The van der Waals surface area contributed by atoms with Crippen LogP contribution in [-0.2, 0) is 9.47 Å². The van der Waals surface area contributed by atoms with Crippen molar-refractivity contribution in [3.63, 3.8) is 0 Å². The number of fused-ring (bicyclic) bond motifs is 4. The van der Waals surface area contributed by atoms with Gasteiger partial charge in [0, 0.05) is 87.9 Å². The zero-order chi connectivity index (χ0) is 43.4. The maximum atomic E-state index is 9.38. The fraction of sp³-hybridized carbons (Fsp3) is 0.429. The molecule has 11 nitrogen and oxygen atoms in total. The summed E-state index contributed by atoms with van der Waals surface area (Å²) in [5.41, 5.74) is 10.1. The second-order valence-corrected chi connectivity index (χ2v) is 21.1. The second kappa shape index (κ2) is 20.1. The number of likely N-dealkylation sites (tertiary alicyclic amines) is 2. The molecule has 15 heteroatoms. The maximum absolute atomic E-state index is 9.38. The molecule has 3 fully saturated rings. The number of pyridine rings is 2. The number of benzene rings is 2. The van der Waals surface area contributed by atoms with Crippen LogP contribution in [0, 0.1) is 0 Å². The molecule has 2 aromatic carbocycles. The van der Waals surface area contributed by atoms with E-state index in [4.69, 9.17) is 14.5 Å². The van der Waals surface area contributed by atoms with E-state index in [1.165, 1.54) is 62.0 Å². The molecule has 3 N–H and O–H groups in total. The van der Waals surface area contributed by atoms with E-state index in [9.17, 15) is 5.11 Å². The van der Waals surface area contributed by atoms with Crippen molar-refractivity contribution in [1.29, 1.82) is 0 Å². The largest absolute Gasteiger partial charge is 0.395 e. The van der Waals surface area contributed by atoms with Crippen molar-refractivity contribution in [2.24, 2.45) is 0 Å². The van der Waals surface area contributed by atoms with Crippen LogP contribution in [0.4, 0.5) is 22.7 Å². The van der Waals surface area contributed by atoms with E-state index in [-0.39, 0.29) is 12.9 Å². The van der Waals surface area contributed by atoms with Crippen LogP contribution in [0.25, 0.3) is 40.9 Å². The van der Waals surface area contributed by atoms with Crippen molar-refractivity contribution in [3.05, 3.63) is 93.8 Å². The first kappa shape index (κ1) is 43.7. The van der Waals surface area contributed by atoms with Crippen molar-refractivity contribution in [2.75, 3.05) is 56.6 Å². The number of aliphatic hydroxyl groups excluding tert-OH is 1. The molecule has 0 spiro atoms. The lowest BCUT2D eigenvalue weighted by molar-refractivity contribution is -0.165. The average molecular weight is 933 g/mol. The standard InChI is InChI=1S/C27H32N4O2S2.C22H24N4OS2/c1-18-20(5-4-11-31(18)12-14-33-26-6-2-3-13-32-26)25-16-21-22(9-10-28-27(21)35-25)30-19-7-8-24-23(15-19)29-17-34-24;1-14-16(3-2-8-26(14)9-10-27)21-12-17-18(6-7-23-22(17)29-21)25-15-4-5-20-19(11-15)24-13-28-20/h7-10,15-18,20,26H,2-6,11-14H2,1H3,(H,28,30);4-7,11-14,16,27H,2-3,8-10H2,1H3,(H,23,25). The first-order valence-electron chi connectivity index (χ1n) is 22.8. The predicted octanol–water partition coefficient (Wildman–Crippen LogP) is 12.0. The number of nitrogens with zero attached hydrogens (tertiary/aromatic N) is 6. The van der Waals surface area contributed by atoms with Gasteiger partial charge in [0.1, 0.15) is 9.66 Å². The van der Waals surface area contributed by atoms with Gasteiger partial charge < -0.3 is 25.2 Å². The lowest BCUT2D eigenvalue weighted by Crippen LogP contribution is -2.44. The van der Waals surface area contributed by atoms with Gasteiger partial charge in [-0.05, 0) is 133 Å². The van der Waals surface area contributed by atoms with Crippen LogP contribution in [0.15, 0.2) is 84.1 Å². The van der Waals surface area contributed by atoms with Crippen LogP contribution >= 0.6 is 45.3 Å². The normalized spacial score (nSPS) is 22.3. The third kappa shape index (κ3) is 9.69. The SMILES string of the molecule is CC1C(c2cc3c(Nc4ccc5scnc5c4)ccnc3s2)CCCN1CCO.CC1C(c2cc3c(Nc4ccc5scnc5c4)ccnc3s2)CCCN1CCOC1CCCCO1. The maximum Gasteiger partial charge on any atom is 0.157 e. The summed E-state index contributed by atoms with van der Waals surface area (Å²) in [4.78, 5) is 28.2. The van der Waals surface area contributed by atoms with Gasteiger partial charge in [0.25, 0.3) is 0 Å². The number of hydrogen-bond donors (Lipinski definition) is 3. The molecule has 9 heterocycles. The molecule has 0 saturated carbocycles. The van der Waals surface area contributed by atoms with E-state index in [1.807, 2.05) is 40.8 Å². The third-order valence-corrected chi connectivity index (χ3v) is 17.3. The number of aliphatic hydroxyl groups is 1. The van der Waals surface area contributed by atoms with E-state index in [1.54, 1.807) is 34.0 Å². The number of ether oxygens (including phenoxy) is 2. The highest BCUT2D eigenvalue weighted by atomic mass is 32.1. The van der Waals surface area contributed by atoms with E-state index < -0.39 is 0 Å².